The summed E-state index contributed by atoms with van der Waals surface area (Å²) in [7, 11) is -0.403. The molecule has 2 aromatic rings. The van der Waals surface area contributed by atoms with Crippen LogP contribution in [0.1, 0.15) is 39.0 Å². The molecule has 2 heterocycles. The molecule has 1 fully saturated rings. The molecule has 1 aliphatic rings. The van der Waals surface area contributed by atoms with E-state index in [9.17, 15) is 0 Å². The first-order valence-electron chi connectivity index (χ1n) is 7.94. The van der Waals surface area contributed by atoms with Crippen LogP contribution in [0, 0.1) is 6.92 Å². The summed E-state index contributed by atoms with van der Waals surface area (Å²) in [5, 5.41) is 7.05. The van der Waals surface area contributed by atoms with Gasteiger partial charge in [-0.15, -0.1) is 11.3 Å². The van der Waals surface area contributed by atoms with Crippen LogP contribution in [0.15, 0.2) is 34.7 Å². The SMILES string of the molecule is Cc1csc(NN=Cc2ccccc2B2OC(C)(C)C(C)(C)O2)n1. The fourth-order valence-corrected chi connectivity index (χ4v) is 3.01. The van der Waals surface area contributed by atoms with Crippen LogP contribution >= 0.6 is 11.3 Å². The average molecular weight is 343 g/mol. The van der Waals surface area contributed by atoms with E-state index in [0.717, 1.165) is 21.9 Å². The largest absolute Gasteiger partial charge is 0.495 e. The van der Waals surface area contributed by atoms with E-state index in [4.69, 9.17) is 9.31 Å². The lowest BCUT2D eigenvalue weighted by atomic mass is 9.76. The van der Waals surface area contributed by atoms with Crippen molar-refractivity contribution in [1.29, 1.82) is 0 Å². The quantitative estimate of drug-likeness (QED) is 0.526. The summed E-state index contributed by atoms with van der Waals surface area (Å²) >= 11 is 1.53. The Bertz CT molecular complexity index is 742. The molecule has 126 valence electrons. The molecule has 0 aliphatic carbocycles. The maximum Gasteiger partial charge on any atom is 0.495 e. The van der Waals surface area contributed by atoms with E-state index in [1.807, 2.05) is 36.6 Å². The standard InChI is InChI=1S/C17H22BN3O2S/c1-12-11-24-15(20-12)21-19-10-13-8-6-7-9-14(13)18-22-16(2,3)17(4,5)23-18/h6-11H,1-5H3,(H,20,21). The van der Waals surface area contributed by atoms with Crippen molar-refractivity contribution in [3.8, 4) is 0 Å². The Balaban J connectivity index is 1.79. The molecule has 5 nitrogen and oxygen atoms in total. The number of rotatable bonds is 4. The van der Waals surface area contributed by atoms with Crippen molar-refractivity contribution < 1.29 is 9.31 Å². The third-order valence-corrected chi connectivity index (χ3v) is 5.35. The van der Waals surface area contributed by atoms with E-state index in [-0.39, 0.29) is 11.2 Å². The highest BCUT2D eigenvalue weighted by Crippen LogP contribution is 2.36. The van der Waals surface area contributed by atoms with E-state index >= 15 is 0 Å². The van der Waals surface area contributed by atoms with Gasteiger partial charge < -0.3 is 9.31 Å². The van der Waals surface area contributed by atoms with Crippen molar-refractivity contribution in [3.63, 3.8) is 0 Å². The number of benzene rings is 1. The number of hydrogen-bond acceptors (Lipinski definition) is 6. The van der Waals surface area contributed by atoms with Gasteiger partial charge in [0.05, 0.1) is 23.1 Å². The molecule has 0 spiro atoms. The molecule has 1 saturated heterocycles. The van der Waals surface area contributed by atoms with Crippen LogP contribution < -0.4 is 10.9 Å². The molecule has 24 heavy (non-hydrogen) atoms. The minimum atomic E-state index is -0.403. The molecule has 1 aromatic carbocycles. The first-order valence-corrected chi connectivity index (χ1v) is 8.82. The number of hydrogen-bond donors (Lipinski definition) is 1. The highest BCUT2D eigenvalue weighted by molar-refractivity contribution is 7.13. The van der Waals surface area contributed by atoms with Crippen LogP contribution in [-0.2, 0) is 9.31 Å². The summed E-state index contributed by atoms with van der Waals surface area (Å²) in [6.45, 7) is 10.2. The van der Waals surface area contributed by atoms with E-state index in [1.54, 1.807) is 6.21 Å². The van der Waals surface area contributed by atoms with Gasteiger partial charge in [-0.05, 0) is 45.6 Å². The molecule has 0 unspecified atom stereocenters. The van der Waals surface area contributed by atoms with Crippen molar-refractivity contribution in [2.24, 2.45) is 5.10 Å². The number of nitrogens with zero attached hydrogens (tertiary/aromatic N) is 2. The Morgan fingerprint density at radius 2 is 1.83 bits per heavy atom. The maximum absolute atomic E-state index is 6.14. The Labute approximate surface area is 147 Å². The van der Waals surface area contributed by atoms with Crippen molar-refractivity contribution in [1.82, 2.24) is 4.98 Å². The van der Waals surface area contributed by atoms with E-state index in [0.29, 0.717) is 0 Å². The summed E-state index contributed by atoms with van der Waals surface area (Å²) in [5.74, 6) is 0. The van der Waals surface area contributed by atoms with Gasteiger partial charge in [-0.2, -0.15) is 5.10 Å². The number of thiazole rings is 1. The second-order valence-corrected chi connectivity index (χ2v) is 7.74. The molecule has 7 heteroatoms. The van der Waals surface area contributed by atoms with Gasteiger partial charge in [-0.1, -0.05) is 24.3 Å². The zero-order valence-electron chi connectivity index (χ0n) is 14.7. The monoisotopic (exact) mass is 343 g/mol. The number of hydrazone groups is 1. The zero-order chi connectivity index (χ0) is 17.4. The van der Waals surface area contributed by atoms with Gasteiger partial charge in [0.15, 0.2) is 0 Å². The summed E-state index contributed by atoms with van der Waals surface area (Å²) in [6, 6.07) is 7.97. The molecule has 1 N–H and O–H groups in total. The van der Waals surface area contributed by atoms with Gasteiger partial charge in [0.2, 0.25) is 5.13 Å². The number of aryl methyl sites for hydroxylation is 1. The molecule has 1 aliphatic heterocycles. The minimum absolute atomic E-state index is 0.363. The van der Waals surface area contributed by atoms with Gasteiger partial charge >= 0.3 is 7.12 Å². The minimum Gasteiger partial charge on any atom is -0.399 e. The van der Waals surface area contributed by atoms with Crippen LogP contribution in [0.25, 0.3) is 0 Å². The normalized spacial score (nSPS) is 19.1. The van der Waals surface area contributed by atoms with Gasteiger partial charge in [-0.3, -0.25) is 5.43 Å². The number of anilines is 1. The number of nitrogens with one attached hydrogen (secondary N) is 1. The van der Waals surface area contributed by atoms with Crippen LogP contribution in [0.4, 0.5) is 5.13 Å². The van der Waals surface area contributed by atoms with Crippen molar-refractivity contribution in [3.05, 3.63) is 40.9 Å². The molecule has 0 radical (unpaired) electrons. The molecule has 0 bridgehead atoms. The van der Waals surface area contributed by atoms with Gasteiger partial charge in [0.25, 0.3) is 0 Å². The van der Waals surface area contributed by atoms with E-state index in [1.165, 1.54) is 11.3 Å². The van der Waals surface area contributed by atoms with Crippen molar-refractivity contribution in [2.75, 3.05) is 5.43 Å². The molecule has 3 rings (SSSR count). The predicted molar refractivity (Wildman–Crippen MR) is 100 cm³/mol. The Morgan fingerprint density at radius 3 is 2.46 bits per heavy atom. The first kappa shape index (κ1) is 17.1. The molecule has 0 saturated carbocycles. The van der Waals surface area contributed by atoms with Crippen LogP contribution in [0.5, 0.6) is 0 Å². The summed E-state index contributed by atoms with van der Waals surface area (Å²) in [5.41, 5.74) is 5.14. The lowest BCUT2D eigenvalue weighted by Gasteiger charge is -2.32. The Morgan fingerprint density at radius 1 is 1.17 bits per heavy atom. The molecular weight excluding hydrogens is 321 g/mol. The lowest BCUT2D eigenvalue weighted by molar-refractivity contribution is 0.00578. The molecule has 0 atom stereocenters. The van der Waals surface area contributed by atoms with Gasteiger partial charge in [-0.25, -0.2) is 4.98 Å². The molecular formula is C17H22BN3O2S. The fourth-order valence-electron chi connectivity index (χ4n) is 2.38. The Hall–Kier alpha value is -1.70. The zero-order valence-corrected chi connectivity index (χ0v) is 15.5. The second-order valence-electron chi connectivity index (χ2n) is 6.88. The summed E-state index contributed by atoms with van der Waals surface area (Å²) < 4.78 is 12.3. The van der Waals surface area contributed by atoms with Crippen LogP contribution in [0.2, 0.25) is 0 Å². The third kappa shape index (κ3) is 3.38. The van der Waals surface area contributed by atoms with Crippen molar-refractivity contribution >= 4 is 35.3 Å². The first-order chi connectivity index (χ1) is 11.3. The molecule has 1 aromatic heterocycles. The lowest BCUT2D eigenvalue weighted by Crippen LogP contribution is -2.41. The van der Waals surface area contributed by atoms with E-state index < -0.39 is 7.12 Å². The highest BCUT2D eigenvalue weighted by Gasteiger charge is 2.52. The topological polar surface area (TPSA) is 55.7 Å². The van der Waals surface area contributed by atoms with Crippen LogP contribution in [0.3, 0.4) is 0 Å². The highest BCUT2D eigenvalue weighted by atomic mass is 32.1. The summed E-state index contributed by atoms with van der Waals surface area (Å²) in [6.07, 6.45) is 1.77. The fraction of sp³-hybridized carbons (Fsp3) is 0.412. The van der Waals surface area contributed by atoms with Gasteiger partial charge in [0, 0.05) is 5.38 Å². The van der Waals surface area contributed by atoms with Crippen molar-refractivity contribution in [2.45, 2.75) is 45.8 Å². The number of aromatic nitrogens is 1. The Kier molecular flexibility index (Phi) is 4.51. The maximum atomic E-state index is 6.14. The van der Waals surface area contributed by atoms with Gasteiger partial charge in [0.1, 0.15) is 0 Å². The average Bonchev–Trinajstić information content (AvgIpc) is 3.00. The summed E-state index contributed by atoms with van der Waals surface area (Å²) in [4.78, 5) is 4.32. The smallest absolute Gasteiger partial charge is 0.399 e. The molecule has 0 amide bonds. The van der Waals surface area contributed by atoms with E-state index in [2.05, 4.69) is 43.2 Å². The van der Waals surface area contributed by atoms with Crippen LogP contribution in [-0.4, -0.2) is 29.5 Å². The predicted octanol–water partition coefficient (Wildman–Crippen LogP) is 3.20. The third-order valence-electron chi connectivity index (χ3n) is 4.49. The second kappa shape index (κ2) is 6.31.